The summed E-state index contributed by atoms with van der Waals surface area (Å²) in [5.74, 6) is 0.00904. The molecule has 0 aliphatic heterocycles. The Morgan fingerprint density at radius 3 is 2.26 bits per heavy atom. The zero-order chi connectivity index (χ0) is 16.4. The predicted octanol–water partition coefficient (Wildman–Crippen LogP) is 1.75. The van der Waals surface area contributed by atoms with Crippen LogP contribution in [0.15, 0.2) is 48.5 Å². The van der Waals surface area contributed by atoms with Crippen LogP contribution in [0.2, 0.25) is 10.0 Å². The quantitative estimate of drug-likeness (QED) is 0.624. The molecule has 120 valence electrons. The SMILES string of the molecule is O=C(O)CCCOc1ccc(Cl)cc1Cl.Oc1ccccc1.[H-].[Na+]. The van der Waals surface area contributed by atoms with Crippen molar-refractivity contribution in [2.75, 3.05) is 6.61 Å². The Hall–Kier alpha value is -0.910. The summed E-state index contributed by atoms with van der Waals surface area (Å²) < 4.78 is 5.29. The van der Waals surface area contributed by atoms with Crippen LogP contribution < -0.4 is 34.3 Å². The maximum atomic E-state index is 10.2. The number of aromatic hydroxyl groups is 1. The topological polar surface area (TPSA) is 66.8 Å². The van der Waals surface area contributed by atoms with E-state index >= 15 is 0 Å². The molecule has 2 aromatic carbocycles. The van der Waals surface area contributed by atoms with Crippen molar-refractivity contribution in [3.8, 4) is 11.5 Å². The fourth-order valence-corrected chi connectivity index (χ4v) is 1.89. The van der Waals surface area contributed by atoms with E-state index in [0.717, 1.165) is 0 Å². The van der Waals surface area contributed by atoms with Gasteiger partial charge in [-0.3, -0.25) is 4.79 Å². The Morgan fingerprint density at radius 2 is 1.78 bits per heavy atom. The number of hydrogen-bond donors (Lipinski definition) is 2. The molecule has 0 unspecified atom stereocenters. The number of hydrogen-bond acceptors (Lipinski definition) is 3. The molecule has 2 aromatic rings. The molecule has 0 aromatic heterocycles. The van der Waals surface area contributed by atoms with Crippen LogP contribution >= 0.6 is 23.2 Å². The third-order valence-electron chi connectivity index (χ3n) is 2.44. The van der Waals surface area contributed by atoms with Crippen molar-refractivity contribution in [3.63, 3.8) is 0 Å². The van der Waals surface area contributed by atoms with E-state index < -0.39 is 5.97 Å². The van der Waals surface area contributed by atoms with Crippen molar-refractivity contribution in [2.24, 2.45) is 0 Å². The van der Waals surface area contributed by atoms with Crippen LogP contribution in [0.1, 0.15) is 14.3 Å². The van der Waals surface area contributed by atoms with E-state index in [0.29, 0.717) is 34.6 Å². The number of carbonyl (C=O) groups is 1. The third kappa shape index (κ3) is 10.5. The number of carboxylic acids is 1. The van der Waals surface area contributed by atoms with Crippen molar-refractivity contribution < 1.29 is 50.7 Å². The molecule has 7 heteroatoms. The van der Waals surface area contributed by atoms with Gasteiger partial charge in [-0.05, 0) is 36.8 Å². The molecule has 23 heavy (non-hydrogen) atoms. The molecule has 0 amide bonds. The van der Waals surface area contributed by atoms with Crippen LogP contribution in [-0.4, -0.2) is 22.8 Å². The molecule has 0 spiro atoms. The van der Waals surface area contributed by atoms with Crippen LogP contribution in [0.3, 0.4) is 0 Å². The molecule has 2 N–H and O–H groups in total. The van der Waals surface area contributed by atoms with E-state index in [1.807, 2.05) is 6.07 Å². The summed E-state index contributed by atoms with van der Waals surface area (Å²) in [5.41, 5.74) is 0. The molecular weight excluding hydrogens is 350 g/mol. The van der Waals surface area contributed by atoms with Crippen LogP contribution in [0.4, 0.5) is 0 Å². The molecule has 0 aliphatic rings. The molecule has 2 rings (SSSR count). The number of rotatable bonds is 5. The van der Waals surface area contributed by atoms with Gasteiger partial charge in [-0.2, -0.15) is 0 Å². The summed E-state index contributed by atoms with van der Waals surface area (Å²) in [4.78, 5) is 10.2. The first-order valence-corrected chi connectivity index (χ1v) is 7.28. The Morgan fingerprint density at radius 1 is 1.13 bits per heavy atom. The van der Waals surface area contributed by atoms with Crippen LogP contribution in [-0.2, 0) is 4.79 Å². The van der Waals surface area contributed by atoms with Crippen molar-refractivity contribution >= 4 is 29.2 Å². The monoisotopic (exact) mass is 366 g/mol. The second-order valence-corrected chi connectivity index (χ2v) is 5.10. The summed E-state index contributed by atoms with van der Waals surface area (Å²) in [6.45, 7) is 0.327. The van der Waals surface area contributed by atoms with E-state index in [1.54, 1.807) is 42.5 Å². The van der Waals surface area contributed by atoms with Gasteiger partial charge >= 0.3 is 35.5 Å². The molecule has 0 atom stereocenters. The summed E-state index contributed by atoms with van der Waals surface area (Å²) in [6.07, 6.45) is 0.541. The first-order chi connectivity index (χ1) is 10.5. The number of benzene rings is 2. The normalized spacial score (nSPS) is 9.13. The Kier molecular flexibility index (Phi) is 12.0. The number of halogens is 2. The molecule has 0 saturated heterocycles. The minimum absolute atomic E-state index is 0. The fraction of sp³-hybridized carbons (Fsp3) is 0.188. The fourth-order valence-electron chi connectivity index (χ4n) is 1.43. The number of phenolic OH excluding ortho intramolecular Hbond substituents is 1. The van der Waals surface area contributed by atoms with E-state index in [2.05, 4.69) is 0 Å². The van der Waals surface area contributed by atoms with Gasteiger partial charge in [0.15, 0.2) is 0 Å². The van der Waals surface area contributed by atoms with Gasteiger partial charge in [0, 0.05) is 11.4 Å². The van der Waals surface area contributed by atoms with Gasteiger partial charge < -0.3 is 16.4 Å². The smallest absolute Gasteiger partial charge is 1.00 e. The molecule has 0 saturated carbocycles. The van der Waals surface area contributed by atoms with Gasteiger partial charge in [0.2, 0.25) is 0 Å². The second kappa shape index (κ2) is 12.5. The van der Waals surface area contributed by atoms with Crippen molar-refractivity contribution in [2.45, 2.75) is 12.8 Å². The third-order valence-corrected chi connectivity index (χ3v) is 2.97. The van der Waals surface area contributed by atoms with Crippen molar-refractivity contribution in [1.29, 1.82) is 0 Å². The second-order valence-electron chi connectivity index (χ2n) is 4.26. The Bertz CT molecular complexity index is 600. The van der Waals surface area contributed by atoms with Gasteiger partial charge in [-0.25, -0.2) is 0 Å². The molecule has 4 nitrogen and oxygen atoms in total. The van der Waals surface area contributed by atoms with E-state index in [9.17, 15) is 4.79 Å². The van der Waals surface area contributed by atoms with Crippen LogP contribution in [0.25, 0.3) is 0 Å². The molecule has 0 fully saturated rings. The van der Waals surface area contributed by atoms with E-state index in [4.69, 9.17) is 38.2 Å². The minimum atomic E-state index is -0.833. The Labute approximate surface area is 168 Å². The average Bonchev–Trinajstić information content (AvgIpc) is 2.46. The molecular formula is C16H17Cl2NaO4. The summed E-state index contributed by atoms with van der Waals surface area (Å²) in [6, 6.07) is 13.6. The first kappa shape index (κ1) is 22.1. The van der Waals surface area contributed by atoms with E-state index in [1.165, 1.54) is 0 Å². The minimum Gasteiger partial charge on any atom is -1.00 e. The van der Waals surface area contributed by atoms with E-state index in [-0.39, 0.29) is 37.4 Å². The Balaban J connectivity index is 0. The van der Waals surface area contributed by atoms with Gasteiger partial charge in [0.1, 0.15) is 11.5 Å². The standard InChI is InChI=1S/C10H10Cl2O3.C6H6O.Na.H/c11-7-3-4-9(8(12)6-7)15-5-1-2-10(13)14;7-6-4-2-1-3-5-6;;/h3-4,6H,1-2,5H2,(H,13,14);1-5,7H;;/q;;+1;-1. The number of phenols is 1. The van der Waals surface area contributed by atoms with Gasteiger partial charge in [0.25, 0.3) is 0 Å². The maximum absolute atomic E-state index is 10.2. The zero-order valence-corrected chi connectivity index (χ0v) is 16.2. The predicted molar refractivity (Wildman–Crippen MR) is 88.0 cm³/mol. The largest absolute Gasteiger partial charge is 1.00 e. The summed E-state index contributed by atoms with van der Waals surface area (Å²) in [5, 5.41) is 18.0. The van der Waals surface area contributed by atoms with Gasteiger partial charge in [-0.1, -0.05) is 41.4 Å². The molecule has 0 radical (unpaired) electrons. The van der Waals surface area contributed by atoms with Gasteiger partial charge in [0.05, 0.1) is 11.6 Å². The summed E-state index contributed by atoms with van der Waals surface area (Å²) in [7, 11) is 0. The first-order valence-electron chi connectivity index (χ1n) is 6.52. The number of carboxylic acid groups (broad SMARTS) is 1. The number of aliphatic carboxylic acids is 1. The molecule has 0 bridgehead atoms. The number of ether oxygens (including phenoxy) is 1. The van der Waals surface area contributed by atoms with Crippen molar-refractivity contribution in [3.05, 3.63) is 58.6 Å². The number of para-hydroxylation sites is 1. The van der Waals surface area contributed by atoms with Crippen molar-refractivity contribution in [1.82, 2.24) is 0 Å². The summed E-state index contributed by atoms with van der Waals surface area (Å²) >= 11 is 11.5. The van der Waals surface area contributed by atoms with Crippen LogP contribution in [0.5, 0.6) is 11.5 Å². The van der Waals surface area contributed by atoms with Crippen LogP contribution in [0, 0.1) is 0 Å². The average molecular weight is 367 g/mol. The zero-order valence-electron chi connectivity index (χ0n) is 13.7. The van der Waals surface area contributed by atoms with Gasteiger partial charge in [-0.15, -0.1) is 0 Å². The molecule has 0 aliphatic carbocycles. The molecule has 0 heterocycles. The maximum Gasteiger partial charge on any atom is 1.00 e.